The second-order valence-corrected chi connectivity index (χ2v) is 6.37. The summed E-state index contributed by atoms with van der Waals surface area (Å²) in [5, 5.41) is 8.20. The average molecular weight is 279 g/mol. The SMILES string of the molecule is Cc1c(C(=O)OCC(C)C)nnn1C1CCC(C)CC1. The molecule has 1 saturated carbocycles. The molecule has 1 aliphatic carbocycles. The molecule has 0 spiro atoms. The van der Waals surface area contributed by atoms with E-state index in [1.165, 1.54) is 12.8 Å². The first-order valence-electron chi connectivity index (χ1n) is 7.58. The van der Waals surface area contributed by atoms with E-state index in [1.54, 1.807) is 0 Å². The molecule has 0 N–H and O–H groups in total. The molecule has 0 saturated heterocycles. The Morgan fingerprint density at radius 3 is 2.60 bits per heavy atom. The van der Waals surface area contributed by atoms with Crippen LogP contribution in [-0.4, -0.2) is 27.6 Å². The zero-order valence-electron chi connectivity index (χ0n) is 12.9. The quantitative estimate of drug-likeness (QED) is 0.794. The minimum atomic E-state index is -0.355. The highest BCUT2D eigenvalue weighted by molar-refractivity contribution is 5.88. The number of hydrogen-bond acceptors (Lipinski definition) is 4. The molecule has 0 amide bonds. The van der Waals surface area contributed by atoms with Gasteiger partial charge in [0.1, 0.15) is 0 Å². The molecule has 1 aliphatic rings. The van der Waals surface area contributed by atoms with E-state index in [4.69, 9.17) is 4.74 Å². The molecule has 0 aliphatic heterocycles. The maximum Gasteiger partial charge on any atom is 0.360 e. The van der Waals surface area contributed by atoms with Gasteiger partial charge in [-0.15, -0.1) is 5.10 Å². The predicted molar refractivity (Wildman–Crippen MR) is 76.5 cm³/mol. The second-order valence-electron chi connectivity index (χ2n) is 6.37. The summed E-state index contributed by atoms with van der Waals surface area (Å²) >= 11 is 0. The number of hydrogen-bond donors (Lipinski definition) is 0. The van der Waals surface area contributed by atoms with Crippen LogP contribution in [0.25, 0.3) is 0 Å². The van der Waals surface area contributed by atoms with Crippen LogP contribution in [0.5, 0.6) is 0 Å². The van der Waals surface area contributed by atoms with E-state index in [9.17, 15) is 4.79 Å². The van der Waals surface area contributed by atoms with E-state index >= 15 is 0 Å². The number of carbonyl (C=O) groups excluding carboxylic acids is 1. The zero-order chi connectivity index (χ0) is 14.7. The summed E-state index contributed by atoms with van der Waals surface area (Å²) in [4.78, 5) is 12.0. The summed E-state index contributed by atoms with van der Waals surface area (Å²) in [6, 6.07) is 0.380. The molecule has 1 aromatic rings. The van der Waals surface area contributed by atoms with Gasteiger partial charge in [0.25, 0.3) is 0 Å². The first-order valence-corrected chi connectivity index (χ1v) is 7.58. The van der Waals surface area contributed by atoms with Crippen LogP contribution in [0.1, 0.15) is 68.7 Å². The molecule has 1 aromatic heterocycles. The summed E-state index contributed by atoms with van der Waals surface area (Å²) in [6.45, 7) is 8.65. The Labute approximate surface area is 120 Å². The summed E-state index contributed by atoms with van der Waals surface area (Å²) in [7, 11) is 0. The second kappa shape index (κ2) is 6.37. The highest BCUT2D eigenvalue weighted by Gasteiger charge is 2.25. The van der Waals surface area contributed by atoms with Crippen LogP contribution >= 0.6 is 0 Å². The van der Waals surface area contributed by atoms with E-state index in [0.29, 0.717) is 24.3 Å². The van der Waals surface area contributed by atoms with Crippen LogP contribution in [0, 0.1) is 18.8 Å². The maximum absolute atomic E-state index is 12.0. The summed E-state index contributed by atoms with van der Waals surface area (Å²) in [6.07, 6.45) is 4.67. The molecule has 0 radical (unpaired) electrons. The normalized spacial score (nSPS) is 23.1. The lowest BCUT2D eigenvalue weighted by molar-refractivity contribution is 0.0451. The topological polar surface area (TPSA) is 57.0 Å². The first kappa shape index (κ1) is 15.0. The van der Waals surface area contributed by atoms with Crippen LogP contribution in [0.2, 0.25) is 0 Å². The molecule has 20 heavy (non-hydrogen) atoms. The Bertz CT molecular complexity index is 460. The van der Waals surface area contributed by atoms with Crippen molar-refractivity contribution in [2.45, 2.75) is 59.4 Å². The fourth-order valence-electron chi connectivity index (χ4n) is 2.67. The lowest BCUT2D eigenvalue weighted by Gasteiger charge is -2.26. The van der Waals surface area contributed by atoms with Gasteiger partial charge in [-0.1, -0.05) is 26.0 Å². The van der Waals surface area contributed by atoms with Gasteiger partial charge < -0.3 is 4.74 Å². The van der Waals surface area contributed by atoms with Crippen LogP contribution in [-0.2, 0) is 4.74 Å². The third kappa shape index (κ3) is 3.38. The smallest absolute Gasteiger partial charge is 0.360 e. The monoisotopic (exact) mass is 279 g/mol. The number of esters is 1. The van der Waals surface area contributed by atoms with Crippen molar-refractivity contribution >= 4 is 5.97 Å². The van der Waals surface area contributed by atoms with Crippen LogP contribution in [0.3, 0.4) is 0 Å². The maximum atomic E-state index is 12.0. The van der Waals surface area contributed by atoms with Crippen molar-refractivity contribution in [3.05, 3.63) is 11.4 Å². The highest BCUT2D eigenvalue weighted by Crippen LogP contribution is 2.32. The van der Waals surface area contributed by atoms with Crippen molar-refractivity contribution in [3.63, 3.8) is 0 Å². The molecule has 112 valence electrons. The van der Waals surface area contributed by atoms with Gasteiger partial charge >= 0.3 is 5.97 Å². The Morgan fingerprint density at radius 2 is 2.00 bits per heavy atom. The van der Waals surface area contributed by atoms with Crippen molar-refractivity contribution in [3.8, 4) is 0 Å². The fraction of sp³-hybridized carbons (Fsp3) is 0.800. The molecular weight excluding hydrogens is 254 g/mol. The molecule has 5 heteroatoms. The zero-order valence-corrected chi connectivity index (χ0v) is 12.9. The van der Waals surface area contributed by atoms with Crippen molar-refractivity contribution < 1.29 is 9.53 Å². The Kier molecular flexibility index (Phi) is 4.78. The van der Waals surface area contributed by atoms with Crippen molar-refractivity contribution in [2.75, 3.05) is 6.61 Å². The average Bonchev–Trinajstić information content (AvgIpc) is 2.79. The van der Waals surface area contributed by atoms with Crippen LogP contribution in [0.15, 0.2) is 0 Å². The molecular formula is C15H25N3O2. The van der Waals surface area contributed by atoms with Gasteiger partial charge in [0, 0.05) is 0 Å². The molecule has 5 nitrogen and oxygen atoms in total. The molecule has 1 fully saturated rings. The Hall–Kier alpha value is -1.39. The van der Waals surface area contributed by atoms with Gasteiger partial charge in [0.05, 0.1) is 18.3 Å². The number of ether oxygens (including phenoxy) is 1. The van der Waals surface area contributed by atoms with Gasteiger partial charge in [0.2, 0.25) is 0 Å². The minimum Gasteiger partial charge on any atom is -0.461 e. The molecule has 0 aromatic carbocycles. The van der Waals surface area contributed by atoms with E-state index < -0.39 is 0 Å². The van der Waals surface area contributed by atoms with Gasteiger partial charge in [-0.05, 0) is 44.4 Å². The van der Waals surface area contributed by atoms with Crippen LogP contribution in [0.4, 0.5) is 0 Å². The largest absolute Gasteiger partial charge is 0.461 e. The summed E-state index contributed by atoms with van der Waals surface area (Å²) in [5.41, 5.74) is 1.20. The van der Waals surface area contributed by atoms with Gasteiger partial charge in [-0.25, -0.2) is 9.48 Å². The minimum absolute atomic E-state index is 0.328. The van der Waals surface area contributed by atoms with E-state index in [1.807, 2.05) is 25.5 Å². The summed E-state index contributed by atoms with van der Waals surface area (Å²) in [5.74, 6) is 0.770. The molecule has 2 rings (SSSR count). The number of carbonyl (C=O) groups is 1. The first-order chi connectivity index (χ1) is 9.49. The highest BCUT2D eigenvalue weighted by atomic mass is 16.5. The Balaban J connectivity index is 2.05. The molecule has 1 heterocycles. The van der Waals surface area contributed by atoms with E-state index in [-0.39, 0.29) is 5.97 Å². The lowest BCUT2D eigenvalue weighted by atomic mass is 9.87. The third-order valence-electron chi connectivity index (χ3n) is 4.00. The number of nitrogens with zero attached hydrogens (tertiary/aromatic N) is 3. The van der Waals surface area contributed by atoms with Gasteiger partial charge in [-0.2, -0.15) is 0 Å². The molecule has 0 bridgehead atoms. The molecule has 0 atom stereocenters. The van der Waals surface area contributed by atoms with Gasteiger partial charge in [-0.3, -0.25) is 0 Å². The van der Waals surface area contributed by atoms with Crippen LogP contribution < -0.4 is 0 Å². The predicted octanol–water partition coefficient (Wildman–Crippen LogP) is 3.15. The fourth-order valence-corrected chi connectivity index (χ4v) is 2.67. The standard InChI is InChI=1S/C15H25N3O2/c1-10(2)9-20-15(19)14-12(4)18(17-16-14)13-7-5-11(3)6-8-13/h10-11,13H,5-9H2,1-4H3. The summed E-state index contributed by atoms with van der Waals surface area (Å²) < 4.78 is 7.15. The van der Waals surface area contributed by atoms with Crippen molar-refractivity contribution in [2.24, 2.45) is 11.8 Å². The van der Waals surface area contributed by atoms with Crippen molar-refractivity contribution in [1.29, 1.82) is 0 Å². The number of rotatable bonds is 4. The molecule has 0 unspecified atom stereocenters. The van der Waals surface area contributed by atoms with Crippen molar-refractivity contribution in [1.82, 2.24) is 15.0 Å². The van der Waals surface area contributed by atoms with Gasteiger partial charge in [0.15, 0.2) is 5.69 Å². The Morgan fingerprint density at radius 1 is 1.35 bits per heavy atom. The third-order valence-corrected chi connectivity index (χ3v) is 4.00. The number of aromatic nitrogens is 3. The van der Waals surface area contributed by atoms with E-state index in [2.05, 4.69) is 17.2 Å². The lowest BCUT2D eigenvalue weighted by Crippen LogP contribution is -2.19. The van der Waals surface area contributed by atoms with E-state index in [0.717, 1.165) is 24.5 Å².